The third-order valence-corrected chi connectivity index (χ3v) is 6.32. The number of aromatic hydroxyl groups is 1. The lowest BCUT2D eigenvalue weighted by atomic mass is 9.97. The molecule has 1 amide bonds. The van der Waals surface area contributed by atoms with E-state index in [1.54, 1.807) is 23.8 Å². The lowest BCUT2D eigenvalue weighted by molar-refractivity contribution is -0.149. The maximum Gasteiger partial charge on any atom is 0.408 e. The van der Waals surface area contributed by atoms with Crippen LogP contribution in [-0.2, 0) is 12.1 Å². The van der Waals surface area contributed by atoms with Crippen LogP contribution >= 0.6 is 11.6 Å². The highest BCUT2D eigenvalue weighted by Gasteiger charge is 2.39. The van der Waals surface area contributed by atoms with E-state index in [0.29, 0.717) is 23.5 Å². The number of alkyl halides is 3. The van der Waals surface area contributed by atoms with Gasteiger partial charge < -0.3 is 15.0 Å². The van der Waals surface area contributed by atoms with Crippen molar-refractivity contribution in [3.05, 3.63) is 51.7 Å². The molecule has 1 unspecified atom stereocenters. The van der Waals surface area contributed by atoms with Crippen molar-refractivity contribution in [2.75, 3.05) is 0 Å². The molecule has 0 aliphatic heterocycles. The maximum atomic E-state index is 12.8. The van der Waals surface area contributed by atoms with Crippen LogP contribution < -0.4 is 10.7 Å². The fraction of sp³-hybridized carbons (Fsp3) is 0.429. The van der Waals surface area contributed by atoms with Crippen molar-refractivity contribution in [1.29, 1.82) is 0 Å². The summed E-state index contributed by atoms with van der Waals surface area (Å²) in [5, 5.41) is 17.1. The number of carbonyl (C=O) groups excluding carboxylic acids is 1. The minimum absolute atomic E-state index is 0.145. The topological polar surface area (TPSA) is 102 Å². The molecule has 4 rings (SSSR count). The summed E-state index contributed by atoms with van der Waals surface area (Å²) in [5.74, 6) is -2.09. The molecule has 1 fully saturated rings. The van der Waals surface area contributed by atoms with Crippen LogP contribution in [-0.4, -0.2) is 42.6 Å². The molecule has 3 heterocycles. The summed E-state index contributed by atoms with van der Waals surface area (Å²) in [4.78, 5) is 29.1. The predicted molar refractivity (Wildman–Crippen MR) is 114 cm³/mol. The number of carbonyl (C=O) groups is 1. The molecule has 1 aliphatic rings. The van der Waals surface area contributed by atoms with Gasteiger partial charge in [0.05, 0.1) is 23.3 Å². The predicted octanol–water partition coefficient (Wildman–Crippen LogP) is 3.60. The van der Waals surface area contributed by atoms with Gasteiger partial charge in [0.15, 0.2) is 11.4 Å². The molecule has 2 N–H and O–H groups in total. The van der Waals surface area contributed by atoms with Gasteiger partial charge in [0, 0.05) is 17.8 Å². The van der Waals surface area contributed by atoms with Crippen molar-refractivity contribution in [2.45, 2.75) is 56.9 Å². The van der Waals surface area contributed by atoms with Crippen molar-refractivity contribution in [1.82, 2.24) is 24.6 Å². The molecule has 1 aliphatic carbocycles. The number of hydrogen-bond acceptors (Lipinski definition) is 5. The van der Waals surface area contributed by atoms with Crippen LogP contribution in [0, 0.1) is 0 Å². The van der Waals surface area contributed by atoms with Crippen LogP contribution in [0.25, 0.3) is 11.0 Å². The summed E-state index contributed by atoms with van der Waals surface area (Å²) >= 11 is 6.41. The molecule has 8 nitrogen and oxygen atoms in total. The van der Waals surface area contributed by atoms with Gasteiger partial charge in [0.1, 0.15) is 11.7 Å². The van der Waals surface area contributed by atoms with Gasteiger partial charge in [0.25, 0.3) is 11.3 Å². The zero-order valence-corrected chi connectivity index (χ0v) is 18.3. The molecule has 1 saturated carbocycles. The van der Waals surface area contributed by atoms with Crippen LogP contribution in [0.2, 0.25) is 5.02 Å². The highest BCUT2D eigenvalue weighted by molar-refractivity contribution is 6.35. The van der Waals surface area contributed by atoms with Crippen LogP contribution in [0.5, 0.6) is 5.75 Å². The standard InChI is InChI=1S/C21H21ClF3N5O3/c1-12(21(23,24)25)27-19(33)16-17(32)15(31)10-29(28-16)11-20(6-2-3-7-20)30-9-14(22)13-5-4-8-26-18(13)30/h4-5,8-10,12,31H,2-3,6-7,11H2,1H3,(H,27,33). The zero-order valence-electron chi connectivity index (χ0n) is 17.6. The number of fused-ring (bicyclic) bond motifs is 1. The van der Waals surface area contributed by atoms with Crippen molar-refractivity contribution >= 4 is 28.5 Å². The second-order valence-corrected chi connectivity index (χ2v) is 8.69. The highest BCUT2D eigenvalue weighted by Crippen LogP contribution is 2.41. The average molecular weight is 484 g/mol. The first-order valence-corrected chi connectivity index (χ1v) is 10.7. The van der Waals surface area contributed by atoms with Crippen molar-refractivity contribution < 1.29 is 23.1 Å². The van der Waals surface area contributed by atoms with Gasteiger partial charge in [-0.15, -0.1) is 0 Å². The molecule has 3 aromatic heterocycles. The number of nitrogens with zero attached hydrogens (tertiary/aromatic N) is 4. The molecule has 0 saturated heterocycles. The Hall–Kier alpha value is -3.08. The van der Waals surface area contributed by atoms with E-state index in [9.17, 15) is 27.9 Å². The molecule has 3 aromatic rings. The van der Waals surface area contributed by atoms with Gasteiger partial charge in [-0.05, 0) is 31.9 Å². The Morgan fingerprint density at radius 2 is 2.03 bits per heavy atom. The first kappa shape index (κ1) is 23.1. The van der Waals surface area contributed by atoms with E-state index < -0.39 is 40.5 Å². The lowest BCUT2D eigenvalue weighted by Crippen LogP contribution is -2.45. The summed E-state index contributed by atoms with van der Waals surface area (Å²) in [6, 6.07) is 1.42. The van der Waals surface area contributed by atoms with Crippen LogP contribution in [0.3, 0.4) is 0 Å². The van der Waals surface area contributed by atoms with E-state index in [4.69, 9.17) is 11.6 Å². The summed E-state index contributed by atoms with van der Waals surface area (Å²) in [7, 11) is 0. The van der Waals surface area contributed by atoms with E-state index in [2.05, 4.69) is 10.1 Å². The maximum absolute atomic E-state index is 12.8. The summed E-state index contributed by atoms with van der Waals surface area (Å²) in [6.07, 6.45) is 3.01. The van der Waals surface area contributed by atoms with Crippen LogP contribution in [0.4, 0.5) is 13.2 Å². The SMILES string of the molecule is CC(NC(=O)c1nn(CC2(n3cc(Cl)c4cccnc43)CCCC2)cc(O)c1=O)C(F)(F)F. The number of halogens is 4. The molecule has 0 aromatic carbocycles. The Morgan fingerprint density at radius 3 is 2.70 bits per heavy atom. The first-order chi connectivity index (χ1) is 15.5. The van der Waals surface area contributed by atoms with Crippen LogP contribution in [0.15, 0.2) is 35.5 Å². The number of amides is 1. The first-order valence-electron chi connectivity index (χ1n) is 10.3. The van der Waals surface area contributed by atoms with Crippen LogP contribution in [0.1, 0.15) is 43.1 Å². The van der Waals surface area contributed by atoms with Crippen molar-refractivity contribution in [3.8, 4) is 5.75 Å². The normalized spacial score (nSPS) is 16.8. The van der Waals surface area contributed by atoms with Gasteiger partial charge in [-0.25, -0.2) is 4.98 Å². The monoisotopic (exact) mass is 483 g/mol. The summed E-state index contributed by atoms with van der Waals surface area (Å²) in [6.45, 7) is 0.896. The number of rotatable bonds is 5. The Morgan fingerprint density at radius 1 is 1.33 bits per heavy atom. The fourth-order valence-electron chi connectivity index (χ4n) is 4.29. The minimum atomic E-state index is -4.69. The molecule has 1 atom stereocenters. The van der Waals surface area contributed by atoms with E-state index in [1.165, 1.54) is 4.68 Å². The lowest BCUT2D eigenvalue weighted by Gasteiger charge is -2.32. The van der Waals surface area contributed by atoms with Crippen molar-refractivity contribution in [2.24, 2.45) is 0 Å². The number of nitrogens with one attached hydrogen (secondary N) is 1. The molecule has 0 spiro atoms. The van der Waals surface area contributed by atoms with E-state index in [1.807, 2.05) is 10.6 Å². The fourth-order valence-corrected chi connectivity index (χ4v) is 4.54. The Balaban J connectivity index is 1.73. The highest BCUT2D eigenvalue weighted by atomic mass is 35.5. The van der Waals surface area contributed by atoms with Gasteiger partial charge in [-0.1, -0.05) is 24.4 Å². The Labute approximate surface area is 191 Å². The second kappa shape index (κ2) is 8.36. The number of aromatic nitrogens is 4. The van der Waals surface area contributed by atoms with Gasteiger partial charge in [0.2, 0.25) is 0 Å². The van der Waals surface area contributed by atoms with E-state index in [0.717, 1.165) is 31.3 Å². The van der Waals surface area contributed by atoms with E-state index in [-0.39, 0.29) is 6.54 Å². The molecule has 12 heteroatoms. The Bertz CT molecular complexity index is 1260. The molecular weight excluding hydrogens is 463 g/mol. The summed E-state index contributed by atoms with van der Waals surface area (Å²) < 4.78 is 41.7. The van der Waals surface area contributed by atoms with Crippen molar-refractivity contribution in [3.63, 3.8) is 0 Å². The Kier molecular flexibility index (Phi) is 5.85. The molecular formula is C21H21ClF3N5O3. The smallest absolute Gasteiger partial charge is 0.408 e. The minimum Gasteiger partial charge on any atom is -0.503 e. The van der Waals surface area contributed by atoms with E-state index >= 15 is 0 Å². The third kappa shape index (κ3) is 4.29. The van der Waals surface area contributed by atoms with Gasteiger partial charge in [-0.2, -0.15) is 18.3 Å². The largest absolute Gasteiger partial charge is 0.503 e. The van der Waals surface area contributed by atoms with Gasteiger partial charge >= 0.3 is 6.18 Å². The molecule has 0 radical (unpaired) electrons. The third-order valence-electron chi connectivity index (χ3n) is 6.02. The van der Waals surface area contributed by atoms with Gasteiger partial charge in [-0.3, -0.25) is 14.3 Å². The zero-order chi connectivity index (χ0) is 24.0. The number of pyridine rings is 1. The molecule has 0 bridgehead atoms. The molecule has 176 valence electrons. The molecule has 33 heavy (non-hydrogen) atoms. The second-order valence-electron chi connectivity index (χ2n) is 8.28. The quantitative estimate of drug-likeness (QED) is 0.577. The summed E-state index contributed by atoms with van der Waals surface area (Å²) in [5.41, 5.74) is -1.87. The number of hydrogen-bond donors (Lipinski definition) is 2. The average Bonchev–Trinajstić information content (AvgIpc) is 3.35.